The maximum absolute atomic E-state index is 5.93. The van der Waals surface area contributed by atoms with E-state index in [-0.39, 0.29) is 5.95 Å². The lowest BCUT2D eigenvalue weighted by Gasteiger charge is -2.37. The average Bonchev–Trinajstić information content (AvgIpc) is 2.74. The van der Waals surface area contributed by atoms with Gasteiger partial charge < -0.3 is 15.5 Å². The third-order valence-electron chi connectivity index (χ3n) is 4.67. The standard InChI is InChI=1S/C21H21N7/c1-16-19(7-6-17-4-2-8-23-14-17)20(26-21(22)25-16)28-12-10-27(11-13-28)18-5-3-9-24-15-18/h2-5,8-9,14-15H,10-13H2,1H3,(H2,22,25,26). The van der Waals surface area contributed by atoms with Crippen molar-refractivity contribution < 1.29 is 0 Å². The first kappa shape index (κ1) is 17.7. The Morgan fingerprint density at radius 2 is 1.61 bits per heavy atom. The number of rotatable bonds is 2. The minimum atomic E-state index is 0.272. The molecule has 2 N–H and O–H groups in total. The van der Waals surface area contributed by atoms with Crippen molar-refractivity contribution in [2.75, 3.05) is 41.7 Å². The third kappa shape index (κ3) is 3.86. The molecule has 4 rings (SSSR count). The molecule has 7 nitrogen and oxygen atoms in total. The zero-order valence-corrected chi connectivity index (χ0v) is 15.7. The average molecular weight is 371 g/mol. The summed E-state index contributed by atoms with van der Waals surface area (Å²) < 4.78 is 0. The maximum atomic E-state index is 5.93. The highest BCUT2D eigenvalue weighted by Gasteiger charge is 2.22. The molecule has 0 radical (unpaired) electrons. The number of piperazine rings is 1. The van der Waals surface area contributed by atoms with Crippen LogP contribution in [-0.4, -0.2) is 46.1 Å². The molecule has 28 heavy (non-hydrogen) atoms. The molecule has 0 aromatic carbocycles. The number of hydrogen-bond donors (Lipinski definition) is 1. The van der Waals surface area contributed by atoms with Crippen molar-refractivity contribution in [2.45, 2.75) is 6.92 Å². The molecule has 0 aliphatic carbocycles. The molecule has 140 valence electrons. The fourth-order valence-electron chi connectivity index (χ4n) is 3.24. The topological polar surface area (TPSA) is 84.1 Å². The van der Waals surface area contributed by atoms with Gasteiger partial charge in [-0.2, -0.15) is 4.98 Å². The summed E-state index contributed by atoms with van der Waals surface area (Å²) in [5.41, 5.74) is 9.52. The number of pyridine rings is 2. The van der Waals surface area contributed by atoms with Gasteiger partial charge in [-0.05, 0) is 31.2 Å². The summed E-state index contributed by atoms with van der Waals surface area (Å²) >= 11 is 0. The van der Waals surface area contributed by atoms with Crippen molar-refractivity contribution in [1.82, 2.24) is 19.9 Å². The molecule has 7 heteroatoms. The Hall–Kier alpha value is -3.66. The van der Waals surface area contributed by atoms with Crippen molar-refractivity contribution in [3.63, 3.8) is 0 Å². The van der Waals surface area contributed by atoms with E-state index in [1.807, 2.05) is 31.3 Å². The van der Waals surface area contributed by atoms with Crippen molar-refractivity contribution >= 4 is 17.5 Å². The van der Waals surface area contributed by atoms with Crippen molar-refractivity contribution in [2.24, 2.45) is 0 Å². The molecule has 3 aromatic rings. The number of nitrogen functional groups attached to an aromatic ring is 1. The molecule has 0 unspecified atom stereocenters. The van der Waals surface area contributed by atoms with Gasteiger partial charge in [0.25, 0.3) is 0 Å². The molecule has 0 spiro atoms. The summed E-state index contributed by atoms with van der Waals surface area (Å²) in [5, 5.41) is 0. The van der Waals surface area contributed by atoms with Crippen molar-refractivity contribution in [3.8, 4) is 11.8 Å². The molecular formula is C21H21N7. The predicted octanol–water partition coefficient (Wildman–Crippen LogP) is 1.88. The zero-order valence-electron chi connectivity index (χ0n) is 15.7. The highest BCUT2D eigenvalue weighted by Crippen LogP contribution is 2.24. The first-order chi connectivity index (χ1) is 13.7. The van der Waals surface area contributed by atoms with E-state index in [0.29, 0.717) is 0 Å². The Morgan fingerprint density at radius 3 is 2.29 bits per heavy atom. The Labute approximate surface area is 164 Å². The number of aryl methyl sites for hydroxylation is 1. The Balaban J connectivity index is 1.59. The van der Waals surface area contributed by atoms with Crippen LogP contribution >= 0.6 is 0 Å². The molecule has 3 aromatic heterocycles. The van der Waals surface area contributed by atoms with Crippen molar-refractivity contribution in [1.29, 1.82) is 0 Å². The Bertz CT molecular complexity index is 1000. The second kappa shape index (κ2) is 7.92. The normalized spacial score (nSPS) is 13.8. The molecule has 1 aliphatic heterocycles. The van der Waals surface area contributed by atoms with Gasteiger partial charge in [0.1, 0.15) is 5.82 Å². The van der Waals surface area contributed by atoms with Gasteiger partial charge in [0.05, 0.1) is 23.1 Å². The van der Waals surface area contributed by atoms with Gasteiger partial charge in [0.15, 0.2) is 0 Å². The minimum absolute atomic E-state index is 0.272. The molecular weight excluding hydrogens is 350 g/mol. The van der Waals surface area contributed by atoms with Crippen LogP contribution in [0.5, 0.6) is 0 Å². The van der Waals surface area contributed by atoms with Crippen LogP contribution in [0.25, 0.3) is 0 Å². The molecule has 1 saturated heterocycles. The van der Waals surface area contributed by atoms with Crippen LogP contribution in [0, 0.1) is 18.8 Å². The molecule has 0 amide bonds. The summed E-state index contributed by atoms with van der Waals surface area (Å²) in [6, 6.07) is 7.84. The number of nitrogens with zero attached hydrogens (tertiary/aromatic N) is 6. The van der Waals surface area contributed by atoms with Gasteiger partial charge in [-0.1, -0.05) is 11.8 Å². The monoisotopic (exact) mass is 371 g/mol. The van der Waals surface area contributed by atoms with E-state index >= 15 is 0 Å². The lowest BCUT2D eigenvalue weighted by atomic mass is 10.1. The molecule has 1 aliphatic rings. The van der Waals surface area contributed by atoms with Crippen LogP contribution in [0.4, 0.5) is 17.5 Å². The van der Waals surface area contributed by atoms with Gasteiger partial charge in [-0.3, -0.25) is 9.97 Å². The SMILES string of the molecule is Cc1nc(N)nc(N2CCN(c3cccnc3)CC2)c1C#Cc1cccnc1. The van der Waals surface area contributed by atoms with Crippen LogP contribution in [0.3, 0.4) is 0 Å². The quantitative estimate of drug-likeness (QED) is 0.689. The van der Waals surface area contributed by atoms with E-state index in [2.05, 4.69) is 47.6 Å². The van der Waals surface area contributed by atoms with E-state index in [0.717, 1.165) is 54.5 Å². The summed E-state index contributed by atoms with van der Waals surface area (Å²) in [5.74, 6) is 7.46. The number of aromatic nitrogens is 4. The zero-order chi connectivity index (χ0) is 19.3. The van der Waals surface area contributed by atoms with Gasteiger partial charge in [-0.15, -0.1) is 0 Å². The largest absolute Gasteiger partial charge is 0.368 e. The van der Waals surface area contributed by atoms with Crippen LogP contribution in [0.2, 0.25) is 0 Å². The lowest BCUT2D eigenvalue weighted by molar-refractivity contribution is 0.645. The molecule has 0 atom stereocenters. The maximum Gasteiger partial charge on any atom is 0.222 e. The fraction of sp³-hybridized carbons (Fsp3) is 0.238. The van der Waals surface area contributed by atoms with Gasteiger partial charge >= 0.3 is 0 Å². The second-order valence-electron chi connectivity index (χ2n) is 6.54. The first-order valence-corrected chi connectivity index (χ1v) is 9.17. The third-order valence-corrected chi connectivity index (χ3v) is 4.67. The van der Waals surface area contributed by atoms with E-state index in [1.165, 1.54) is 0 Å². The molecule has 4 heterocycles. The van der Waals surface area contributed by atoms with E-state index < -0.39 is 0 Å². The fourth-order valence-corrected chi connectivity index (χ4v) is 3.24. The van der Waals surface area contributed by atoms with Gasteiger partial charge in [0, 0.05) is 50.3 Å². The molecule has 0 saturated carbocycles. The van der Waals surface area contributed by atoms with Crippen LogP contribution in [0.15, 0.2) is 49.1 Å². The summed E-state index contributed by atoms with van der Waals surface area (Å²) in [7, 11) is 0. The Morgan fingerprint density at radius 1 is 0.893 bits per heavy atom. The number of hydrogen-bond acceptors (Lipinski definition) is 7. The van der Waals surface area contributed by atoms with Gasteiger partial charge in [0.2, 0.25) is 5.95 Å². The van der Waals surface area contributed by atoms with E-state index in [4.69, 9.17) is 5.73 Å². The number of anilines is 3. The predicted molar refractivity (Wildman–Crippen MR) is 110 cm³/mol. The highest BCUT2D eigenvalue weighted by molar-refractivity contribution is 5.61. The molecule has 1 fully saturated rings. The highest BCUT2D eigenvalue weighted by atomic mass is 15.3. The van der Waals surface area contributed by atoms with E-state index in [1.54, 1.807) is 18.6 Å². The molecule has 0 bridgehead atoms. The Kier molecular flexibility index (Phi) is 5.02. The lowest BCUT2D eigenvalue weighted by Crippen LogP contribution is -2.47. The van der Waals surface area contributed by atoms with E-state index in [9.17, 15) is 0 Å². The minimum Gasteiger partial charge on any atom is -0.368 e. The van der Waals surface area contributed by atoms with Gasteiger partial charge in [-0.25, -0.2) is 4.98 Å². The summed E-state index contributed by atoms with van der Waals surface area (Å²) in [6.45, 7) is 5.33. The summed E-state index contributed by atoms with van der Waals surface area (Å²) in [4.78, 5) is 21.7. The van der Waals surface area contributed by atoms with Crippen molar-refractivity contribution in [3.05, 3.63) is 65.9 Å². The van der Waals surface area contributed by atoms with Crippen LogP contribution in [-0.2, 0) is 0 Å². The smallest absolute Gasteiger partial charge is 0.222 e. The van der Waals surface area contributed by atoms with Crippen LogP contribution in [0.1, 0.15) is 16.8 Å². The summed E-state index contributed by atoms with van der Waals surface area (Å²) in [6.07, 6.45) is 7.16. The van der Waals surface area contributed by atoms with Crippen LogP contribution < -0.4 is 15.5 Å². The second-order valence-corrected chi connectivity index (χ2v) is 6.54. The number of nitrogens with two attached hydrogens (primary N) is 1. The first-order valence-electron chi connectivity index (χ1n) is 9.17.